The van der Waals surface area contributed by atoms with Crippen LogP contribution in [0.1, 0.15) is 55.2 Å². The summed E-state index contributed by atoms with van der Waals surface area (Å²) in [5.74, 6) is 3.84. The minimum Gasteiger partial charge on any atom is -0.492 e. The monoisotopic (exact) mass is 380 g/mol. The van der Waals surface area contributed by atoms with Gasteiger partial charge in [0.05, 0.1) is 5.92 Å². The molecule has 0 saturated carbocycles. The average molecular weight is 380 g/mol. The number of rotatable bonds is 2. The third-order valence-corrected chi connectivity index (χ3v) is 6.54. The summed E-state index contributed by atoms with van der Waals surface area (Å²) < 4.78 is 8.20. The standard InChI is InChI=1S/C22H28N4O2/c27-22(18-14-17-6-3-4-7-19(17)28-15-18)25-12-9-16(10-13-25)21-24-23-20-8-2-1-5-11-26(20)21/h3-4,6-7,16,18H,1-2,5,8-15H2/t18-/m0/s1. The molecule has 0 unspecified atom stereocenters. The number of para-hydroxylation sites is 1. The van der Waals surface area contributed by atoms with E-state index in [1.807, 2.05) is 23.1 Å². The molecule has 28 heavy (non-hydrogen) atoms. The van der Waals surface area contributed by atoms with E-state index in [1.54, 1.807) is 0 Å². The molecule has 0 radical (unpaired) electrons. The highest BCUT2D eigenvalue weighted by Crippen LogP contribution is 2.32. The van der Waals surface area contributed by atoms with Crippen molar-refractivity contribution in [2.75, 3.05) is 19.7 Å². The molecule has 1 fully saturated rings. The van der Waals surface area contributed by atoms with Crippen molar-refractivity contribution in [2.45, 2.75) is 57.4 Å². The van der Waals surface area contributed by atoms with Crippen molar-refractivity contribution in [1.29, 1.82) is 0 Å². The maximum atomic E-state index is 13.0. The Morgan fingerprint density at radius 2 is 1.89 bits per heavy atom. The summed E-state index contributed by atoms with van der Waals surface area (Å²) in [5, 5.41) is 8.99. The van der Waals surface area contributed by atoms with Crippen LogP contribution in [0, 0.1) is 5.92 Å². The second-order valence-electron chi connectivity index (χ2n) is 8.36. The van der Waals surface area contributed by atoms with Crippen molar-refractivity contribution in [3.8, 4) is 5.75 Å². The number of aryl methyl sites for hydroxylation is 1. The second-order valence-corrected chi connectivity index (χ2v) is 8.36. The van der Waals surface area contributed by atoms with Gasteiger partial charge in [-0.2, -0.15) is 0 Å². The molecule has 6 nitrogen and oxygen atoms in total. The van der Waals surface area contributed by atoms with Crippen LogP contribution >= 0.6 is 0 Å². The SMILES string of the molecule is O=C([C@@H]1COc2ccccc2C1)N1CCC(c2nnc3n2CCCCC3)CC1. The summed E-state index contributed by atoms with van der Waals surface area (Å²) in [6.45, 7) is 3.16. The molecular formula is C22H28N4O2. The van der Waals surface area contributed by atoms with Crippen LogP contribution in [0.4, 0.5) is 0 Å². The van der Waals surface area contributed by atoms with Gasteiger partial charge in [0.15, 0.2) is 0 Å². The number of nitrogens with zero attached hydrogens (tertiary/aromatic N) is 4. The Bertz CT molecular complexity index is 854. The molecule has 0 aliphatic carbocycles. The fraction of sp³-hybridized carbons (Fsp3) is 0.591. The van der Waals surface area contributed by atoms with E-state index in [1.165, 1.54) is 19.3 Å². The van der Waals surface area contributed by atoms with Gasteiger partial charge in [0.2, 0.25) is 5.91 Å². The van der Waals surface area contributed by atoms with E-state index in [4.69, 9.17) is 4.74 Å². The van der Waals surface area contributed by atoms with Crippen LogP contribution in [-0.4, -0.2) is 45.3 Å². The first-order valence-electron chi connectivity index (χ1n) is 10.7. The normalized spacial score (nSPS) is 22.7. The van der Waals surface area contributed by atoms with Gasteiger partial charge in [0.1, 0.15) is 24.0 Å². The smallest absolute Gasteiger partial charge is 0.229 e. The summed E-state index contributed by atoms with van der Waals surface area (Å²) in [7, 11) is 0. The molecule has 0 spiro atoms. The maximum absolute atomic E-state index is 13.0. The van der Waals surface area contributed by atoms with Crippen LogP contribution in [0.5, 0.6) is 5.75 Å². The van der Waals surface area contributed by atoms with Crippen LogP contribution in [-0.2, 0) is 24.2 Å². The molecule has 5 rings (SSSR count). The largest absolute Gasteiger partial charge is 0.492 e. The zero-order valence-corrected chi connectivity index (χ0v) is 16.3. The van der Waals surface area contributed by atoms with E-state index in [-0.39, 0.29) is 11.8 Å². The van der Waals surface area contributed by atoms with E-state index >= 15 is 0 Å². The number of fused-ring (bicyclic) bond motifs is 2. The third-order valence-electron chi connectivity index (χ3n) is 6.54. The number of carbonyl (C=O) groups is 1. The molecule has 1 aromatic carbocycles. The van der Waals surface area contributed by atoms with Crippen LogP contribution in [0.15, 0.2) is 24.3 Å². The highest BCUT2D eigenvalue weighted by Gasteiger charge is 2.33. The lowest BCUT2D eigenvalue weighted by Crippen LogP contribution is -2.44. The summed E-state index contributed by atoms with van der Waals surface area (Å²) in [4.78, 5) is 15.1. The van der Waals surface area contributed by atoms with Gasteiger partial charge in [-0.25, -0.2) is 0 Å². The predicted molar refractivity (Wildman–Crippen MR) is 105 cm³/mol. The van der Waals surface area contributed by atoms with Crippen molar-refractivity contribution in [1.82, 2.24) is 19.7 Å². The van der Waals surface area contributed by atoms with Gasteiger partial charge >= 0.3 is 0 Å². The van der Waals surface area contributed by atoms with Gasteiger partial charge in [-0.05, 0) is 43.7 Å². The van der Waals surface area contributed by atoms with Crippen LogP contribution in [0.25, 0.3) is 0 Å². The van der Waals surface area contributed by atoms with E-state index in [2.05, 4.69) is 20.8 Å². The first-order chi connectivity index (χ1) is 13.8. The molecule has 1 atom stereocenters. The lowest BCUT2D eigenvalue weighted by atomic mass is 9.92. The van der Waals surface area contributed by atoms with Crippen LogP contribution in [0.2, 0.25) is 0 Å². The van der Waals surface area contributed by atoms with E-state index in [0.717, 1.165) is 68.3 Å². The van der Waals surface area contributed by atoms with Gasteiger partial charge in [-0.15, -0.1) is 10.2 Å². The predicted octanol–water partition coefficient (Wildman–Crippen LogP) is 2.96. The number of hydrogen-bond acceptors (Lipinski definition) is 4. The zero-order chi connectivity index (χ0) is 18.9. The summed E-state index contributed by atoms with van der Waals surface area (Å²) in [6, 6.07) is 8.06. The number of piperidine rings is 1. The first kappa shape index (κ1) is 17.7. The van der Waals surface area contributed by atoms with E-state index < -0.39 is 0 Å². The first-order valence-corrected chi connectivity index (χ1v) is 10.7. The van der Waals surface area contributed by atoms with E-state index in [0.29, 0.717) is 12.5 Å². The third kappa shape index (κ3) is 3.29. The van der Waals surface area contributed by atoms with Crippen LogP contribution in [0.3, 0.4) is 0 Å². The molecule has 1 saturated heterocycles. The molecule has 148 valence electrons. The lowest BCUT2D eigenvalue weighted by molar-refractivity contribution is -0.138. The molecule has 1 amide bonds. The summed E-state index contributed by atoms with van der Waals surface area (Å²) >= 11 is 0. The number of likely N-dealkylation sites (tertiary alicyclic amines) is 1. The maximum Gasteiger partial charge on any atom is 0.229 e. The van der Waals surface area contributed by atoms with Crippen molar-refractivity contribution in [2.24, 2.45) is 5.92 Å². The van der Waals surface area contributed by atoms with Crippen molar-refractivity contribution in [3.05, 3.63) is 41.5 Å². The molecule has 6 heteroatoms. The number of ether oxygens (including phenoxy) is 1. The Kier molecular flexibility index (Phi) is 4.79. The number of aromatic nitrogens is 3. The molecule has 2 aromatic rings. The molecule has 3 aliphatic heterocycles. The van der Waals surface area contributed by atoms with Gasteiger partial charge < -0.3 is 14.2 Å². The zero-order valence-electron chi connectivity index (χ0n) is 16.3. The van der Waals surface area contributed by atoms with Crippen molar-refractivity contribution in [3.63, 3.8) is 0 Å². The summed E-state index contributed by atoms with van der Waals surface area (Å²) in [5.41, 5.74) is 1.15. The molecule has 0 bridgehead atoms. The van der Waals surface area contributed by atoms with Gasteiger partial charge in [0, 0.05) is 32.0 Å². The van der Waals surface area contributed by atoms with Gasteiger partial charge in [0.25, 0.3) is 0 Å². The Hall–Kier alpha value is -2.37. The Labute approximate surface area is 165 Å². The van der Waals surface area contributed by atoms with Gasteiger partial charge in [-0.1, -0.05) is 24.6 Å². The van der Waals surface area contributed by atoms with Crippen LogP contribution < -0.4 is 4.74 Å². The van der Waals surface area contributed by atoms with Crippen molar-refractivity contribution >= 4 is 5.91 Å². The summed E-state index contributed by atoms with van der Waals surface area (Å²) in [6.07, 6.45) is 7.51. The topological polar surface area (TPSA) is 60.2 Å². The van der Waals surface area contributed by atoms with E-state index in [9.17, 15) is 4.79 Å². The number of benzene rings is 1. The Morgan fingerprint density at radius 1 is 1.04 bits per heavy atom. The number of hydrogen-bond donors (Lipinski definition) is 0. The quantitative estimate of drug-likeness (QED) is 0.804. The van der Waals surface area contributed by atoms with Gasteiger partial charge in [-0.3, -0.25) is 4.79 Å². The van der Waals surface area contributed by atoms with Crippen molar-refractivity contribution < 1.29 is 9.53 Å². The minimum atomic E-state index is -0.0594. The number of amides is 1. The molecule has 0 N–H and O–H groups in total. The average Bonchev–Trinajstić information content (AvgIpc) is 3.01. The molecular weight excluding hydrogens is 352 g/mol. The highest BCUT2D eigenvalue weighted by atomic mass is 16.5. The Morgan fingerprint density at radius 3 is 2.79 bits per heavy atom. The fourth-order valence-corrected chi connectivity index (χ4v) is 4.91. The minimum absolute atomic E-state index is 0.0594. The molecule has 1 aromatic heterocycles. The molecule has 3 aliphatic rings. The Balaban J connectivity index is 1.22. The second kappa shape index (κ2) is 7.57. The number of carbonyl (C=O) groups excluding carboxylic acids is 1. The fourth-order valence-electron chi connectivity index (χ4n) is 4.91. The molecule has 4 heterocycles. The highest BCUT2D eigenvalue weighted by molar-refractivity contribution is 5.80. The lowest BCUT2D eigenvalue weighted by Gasteiger charge is -2.35.